The fourth-order valence-electron chi connectivity index (χ4n) is 3.43. The second kappa shape index (κ2) is 15.2. The molecule has 170 valence electrons. The highest BCUT2D eigenvalue weighted by molar-refractivity contribution is 8.76. The highest BCUT2D eigenvalue weighted by atomic mass is 33.1. The maximum atomic E-state index is 3.59. The second-order valence-corrected chi connectivity index (χ2v) is 9.97. The molecule has 31 heavy (non-hydrogen) atoms. The Kier molecular flexibility index (Phi) is 12.6. The summed E-state index contributed by atoms with van der Waals surface area (Å²) >= 11 is 0. The van der Waals surface area contributed by atoms with Crippen LogP contribution in [-0.2, 0) is 6.54 Å². The van der Waals surface area contributed by atoms with Crippen LogP contribution in [-0.4, -0.2) is 49.8 Å². The van der Waals surface area contributed by atoms with Gasteiger partial charge in [0, 0.05) is 60.3 Å². The van der Waals surface area contributed by atoms with Gasteiger partial charge in [0.05, 0.1) is 0 Å². The molecule has 3 N–H and O–H groups in total. The first-order chi connectivity index (χ1) is 15.2. The van der Waals surface area contributed by atoms with E-state index in [1.54, 1.807) is 0 Å². The van der Waals surface area contributed by atoms with Gasteiger partial charge >= 0.3 is 0 Å². The van der Waals surface area contributed by atoms with Crippen LogP contribution in [0.5, 0.6) is 0 Å². The topological polar surface area (TPSA) is 41.0 Å². The van der Waals surface area contributed by atoms with Gasteiger partial charge in [0.2, 0.25) is 0 Å². The quantitative estimate of drug-likeness (QED) is 0.194. The molecule has 0 amide bonds. The monoisotopic (exact) mass is 458 g/mol. The molecule has 4 nitrogen and oxygen atoms in total. The van der Waals surface area contributed by atoms with E-state index in [2.05, 4.69) is 82.9 Å². The van der Waals surface area contributed by atoms with E-state index in [1.165, 1.54) is 33.5 Å². The van der Waals surface area contributed by atoms with Crippen LogP contribution in [0.1, 0.15) is 24.6 Å². The summed E-state index contributed by atoms with van der Waals surface area (Å²) in [6.45, 7) is 8.55. The molecule has 0 saturated heterocycles. The van der Waals surface area contributed by atoms with Gasteiger partial charge in [-0.1, -0.05) is 58.0 Å². The summed E-state index contributed by atoms with van der Waals surface area (Å²) in [4.78, 5) is 0. The Morgan fingerprint density at radius 1 is 1.03 bits per heavy atom. The lowest BCUT2D eigenvalue weighted by molar-refractivity contribution is 0.598. The molecule has 0 atom stereocenters. The molecule has 1 aromatic carbocycles. The first-order valence-corrected chi connectivity index (χ1v) is 13.6. The first-order valence-electron chi connectivity index (χ1n) is 11.1. The molecular formula is C25H38N4S2. The number of allylic oxidation sites excluding steroid dienone is 4. The van der Waals surface area contributed by atoms with Gasteiger partial charge in [0.15, 0.2) is 0 Å². The molecule has 0 aliphatic heterocycles. The summed E-state index contributed by atoms with van der Waals surface area (Å²) in [6, 6.07) is 8.75. The summed E-state index contributed by atoms with van der Waals surface area (Å²) < 4.78 is 2.47. The molecule has 0 bridgehead atoms. The standard InChI is InChI=1S/C25H38N4S2/c1-5-22(13-15-26-3)11-12-23-21(2)29(25-10-7-6-9-24(23)25)18-8-14-28-17-20-31-30-19-16-27-4/h5-7,9-13,15,26-28H,8,14,16-20H2,1-4H3/b12-11+,15-13-,22-5-. The number of benzene rings is 1. The van der Waals surface area contributed by atoms with Crippen molar-refractivity contribution in [3.63, 3.8) is 0 Å². The van der Waals surface area contributed by atoms with Crippen LogP contribution in [0.25, 0.3) is 17.0 Å². The van der Waals surface area contributed by atoms with Gasteiger partial charge in [-0.05, 0) is 57.8 Å². The van der Waals surface area contributed by atoms with Crippen LogP contribution in [0.15, 0.2) is 54.3 Å². The van der Waals surface area contributed by atoms with Crippen LogP contribution in [0.3, 0.4) is 0 Å². The minimum Gasteiger partial charge on any atom is -0.394 e. The zero-order valence-electron chi connectivity index (χ0n) is 19.4. The number of nitrogens with zero attached hydrogens (tertiary/aromatic N) is 1. The third-order valence-electron chi connectivity index (χ3n) is 5.11. The van der Waals surface area contributed by atoms with E-state index >= 15 is 0 Å². The molecule has 2 rings (SSSR count). The molecule has 0 radical (unpaired) electrons. The number of aromatic nitrogens is 1. The number of para-hydroxylation sites is 1. The van der Waals surface area contributed by atoms with Crippen LogP contribution < -0.4 is 16.0 Å². The summed E-state index contributed by atoms with van der Waals surface area (Å²) in [6.07, 6.45) is 11.8. The lowest BCUT2D eigenvalue weighted by Gasteiger charge is -2.09. The van der Waals surface area contributed by atoms with Crippen LogP contribution in [0.4, 0.5) is 0 Å². The normalized spacial score (nSPS) is 12.6. The molecule has 0 aliphatic rings. The van der Waals surface area contributed by atoms with Crippen molar-refractivity contribution < 1.29 is 0 Å². The van der Waals surface area contributed by atoms with E-state index in [1.807, 2.05) is 41.9 Å². The Bertz CT molecular complexity index is 868. The van der Waals surface area contributed by atoms with Crippen molar-refractivity contribution >= 4 is 38.6 Å². The van der Waals surface area contributed by atoms with Crippen molar-refractivity contribution in [2.45, 2.75) is 26.8 Å². The van der Waals surface area contributed by atoms with Crippen LogP contribution in [0, 0.1) is 6.92 Å². The largest absolute Gasteiger partial charge is 0.394 e. The van der Waals surface area contributed by atoms with Crippen molar-refractivity contribution in [3.8, 4) is 0 Å². The Morgan fingerprint density at radius 3 is 2.55 bits per heavy atom. The minimum atomic E-state index is 1.04. The Hall–Kier alpha value is -1.60. The third-order valence-corrected chi connectivity index (χ3v) is 7.52. The molecular weight excluding hydrogens is 420 g/mol. The summed E-state index contributed by atoms with van der Waals surface area (Å²) in [5.41, 5.74) is 5.17. The van der Waals surface area contributed by atoms with Gasteiger partial charge in [-0.25, -0.2) is 0 Å². The van der Waals surface area contributed by atoms with Crippen molar-refractivity contribution in [3.05, 3.63) is 65.5 Å². The van der Waals surface area contributed by atoms with Gasteiger partial charge < -0.3 is 20.5 Å². The van der Waals surface area contributed by atoms with Crippen molar-refractivity contribution in [2.75, 3.05) is 45.2 Å². The highest BCUT2D eigenvalue weighted by Crippen LogP contribution is 2.27. The maximum Gasteiger partial charge on any atom is 0.0488 e. The summed E-state index contributed by atoms with van der Waals surface area (Å²) in [5.74, 6) is 2.32. The molecule has 0 saturated carbocycles. The van der Waals surface area contributed by atoms with E-state index < -0.39 is 0 Å². The molecule has 0 spiro atoms. The molecule has 0 unspecified atom stereocenters. The lowest BCUT2D eigenvalue weighted by Crippen LogP contribution is -2.19. The van der Waals surface area contributed by atoms with E-state index in [4.69, 9.17) is 0 Å². The first kappa shape index (κ1) is 25.7. The molecule has 6 heteroatoms. The smallest absolute Gasteiger partial charge is 0.0488 e. The zero-order valence-corrected chi connectivity index (χ0v) is 21.0. The lowest BCUT2D eigenvalue weighted by atomic mass is 10.1. The average Bonchev–Trinajstić information content (AvgIpc) is 3.06. The van der Waals surface area contributed by atoms with Gasteiger partial charge in [-0.3, -0.25) is 0 Å². The second-order valence-electron chi connectivity index (χ2n) is 7.26. The fraction of sp³-hybridized carbons (Fsp3) is 0.440. The molecule has 0 fully saturated rings. The number of fused-ring (bicyclic) bond motifs is 1. The van der Waals surface area contributed by atoms with Crippen LogP contribution in [0.2, 0.25) is 0 Å². The van der Waals surface area contributed by atoms with Gasteiger partial charge in [0.25, 0.3) is 0 Å². The van der Waals surface area contributed by atoms with E-state index in [0.717, 1.165) is 38.4 Å². The Morgan fingerprint density at radius 2 is 1.81 bits per heavy atom. The predicted molar refractivity (Wildman–Crippen MR) is 144 cm³/mol. The SMILES string of the molecule is C/C=C(\C=C/NC)/C=C/c1c(C)n(CCCNCCSSCCNC)c2ccccc12. The highest BCUT2D eigenvalue weighted by Gasteiger charge is 2.11. The van der Waals surface area contributed by atoms with Gasteiger partial charge in [-0.15, -0.1) is 0 Å². The summed E-state index contributed by atoms with van der Waals surface area (Å²) in [7, 11) is 7.83. The zero-order chi connectivity index (χ0) is 22.3. The number of nitrogens with one attached hydrogen (secondary N) is 3. The predicted octanol–water partition coefficient (Wildman–Crippen LogP) is 5.22. The number of rotatable bonds is 15. The van der Waals surface area contributed by atoms with Crippen LogP contribution >= 0.6 is 21.6 Å². The van der Waals surface area contributed by atoms with Gasteiger partial charge in [0.1, 0.15) is 0 Å². The van der Waals surface area contributed by atoms with Crippen molar-refractivity contribution in [1.29, 1.82) is 0 Å². The van der Waals surface area contributed by atoms with Gasteiger partial charge in [-0.2, -0.15) is 0 Å². The third kappa shape index (κ3) is 8.45. The minimum absolute atomic E-state index is 1.04. The maximum absolute atomic E-state index is 3.59. The van der Waals surface area contributed by atoms with E-state index in [-0.39, 0.29) is 0 Å². The van der Waals surface area contributed by atoms with Crippen molar-refractivity contribution in [2.24, 2.45) is 0 Å². The van der Waals surface area contributed by atoms with E-state index in [0.29, 0.717) is 0 Å². The molecule has 0 aliphatic carbocycles. The Labute approximate surface area is 196 Å². The molecule has 2 aromatic rings. The number of aryl methyl sites for hydroxylation is 1. The van der Waals surface area contributed by atoms with Crippen molar-refractivity contribution in [1.82, 2.24) is 20.5 Å². The fourth-order valence-corrected chi connectivity index (χ4v) is 5.38. The number of hydrogen-bond acceptors (Lipinski definition) is 5. The van der Waals surface area contributed by atoms with E-state index in [9.17, 15) is 0 Å². The molecule has 1 heterocycles. The Balaban J connectivity index is 1.94. The average molecular weight is 459 g/mol. The summed E-state index contributed by atoms with van der Waals surface area (Å²) in [5, 5.41) is 11.2. The number of hydrogen-bond donors (Lipinski definition) is 3. The molecule has 1 aromatic heterocycles.